The zero-order chi connectivity index (χ0) is 16.2. The van der Waals surface area contributed by atoms with Crippen LogP contribution in [0.15, 0.2) is 24.5 Å². The number of unbranched alkanes of at least 4 members (excludes halogenated alkanes) is 1. The Hall–Kier alpha value is -1.42. The lowest BCUT2D eigenvalue weighted by Gasteiger charge is -2.20. The Balaban J connectivity index is 2.41. The summed E-state index contributed by atoms with van der Waals surface area (Å²) in [6.07, 6.45) is 11.3. The van der Waals surface area contributed by atoms with Gasteiger partial charge in [0.15, 0.2) is 0 Å². The van der Waals surface area contributed by atoms with Gasteiger partial charge in [0.1, 0.15) is 0 Å². The molecule has 0 aliphatic carbocycles. The first-order valence-electron chi connectivity index (χ1n) is 8.34. The molecule has 2 atom stereocenters. The van der Waals surface area contributed by atoms with Gasteiger partial charge in [-0.05, 0) is 49.8 Å². The number of ether oxygens (including phenoxy) is 1. The van der Waals surface area contributed by atoms with Crippen molar-refractivity contribution < 1.29 is 9.53 Å². The molecule has 1 aromatic heterocycles. The van der Waals surface area contributed by atoms with E-state index < -0.39 is 0 Å². The van der Waals surface area contributed by atoms with E-state index >= 15 is 0 Å². The van der Waals surface area contributed by atoms with Gasteiger partial charge in [0.25, 0.3) is 0 Å². The van der Waals surface area contributed by atoms with E-state index in [1.807, 2.05) is 19.2 Å². The molecule has 0 aliphatic heterocycles. The first-order valence-corrected chi connectivity index (χ1v) is 8.34. The number of hydrogen-bond acceptors (Lipinski definition) is 4. The summed E-state index contributed by atoms with van der Waals surface area (Å²) in [6, 6.07) is 4.10. The maximum Gasteiger partial charge on any atom is 0.308 e. The van der Waals surface area contributed by atoms with Gasteiger partial charge in [-0.25, -0.2) is 0 Å². The molecule has 2 N–H and O–H groups in total. The summed E-state index contributed by atoms with van der Waals surface area (Å²) in [5.41, 5.74) is 6.86. The van der Waals surface area contributed by atoms with E-state index in [-0.39, 0.29) is 11.9 Å². The molecular weight excluding hydrogens is 276 g/mol. The lowest BCUT2D eigenvalue weighted by Crippen LogP contribution is -2.17. The summed E-state index contributed by atoms with van der Waals surface area (Å²) in [4.78, 5) is 15.8. The van der Waals surface area contributed by atoms with Gasteiger partial charge in [0.05, 0.1) is 13.0 Å². The zero-order valence-corrected chi connectivity index (χ0v) is 14.0. The minimum absolute atomic E-state index is 0.0220. The molecule has 1 aromatic rings. The number of rotatable bonds is 11. The standard InChI is InChI=1S/C18H30N2O2/c1-15(18(21)22-2)13-16(7-3-4-11-19)8-5-9-17-10-6-12-20-14-17/h6,10,12,14-16H,3-5,7-9,11,13,19H2,1-2H3. The number of aryl methyl sites for hydroxylation is 1. The molecule has 0 aliphatic rings. The van der Waals surface area contributed by atoms with Crippen LogP contribution in [-0.4, -0.2) is 24.6 Å². The second kappa shape index (κ2) is 11.2. The summed E-state index contributed by atoms with van der Waals surface area (Å²) >= 11 is 0. The quantitative estimate of drug-likeness (QED) is 0.503. The lowest BCUT2D eigenvalue weighted by molar-refractivity contribution is -0.145. The zero-order valence-electron chi connectivity index (χ0n) is 14.0. The number of aromatic nitrogens is 1. The molecule has 22 heavy (non-hydrogen) atoms. The van der Waals surface area contributed by atoms with E-state index in [0.717, 1.165) is 51.5 Å². The molecule has 0 fully saturated rings. The van der Waals surface area contributed by atoms with Crippen LogP contribution in [0.25, 0.3) is 0 Å². The summed E-state index contributed by atoms with van der Waals surface area (Å²) in [5.74, 6) is 0.444. The number of nitrogens with zero attached hydrogens (tertiary/aromatic N) is 1. The molecule has 4 nitrogen and oxygen atoms in total. The van der Waals surface area contributed by atoms with Crippen LogP contribution in [0.1, 0.15) is 51.0 Å². The first kappa shape index (κ1) is 18.6. The van der Waals surface area contributed by atoms with E-state index in [0.29, 0.717) is 5.92 Å². The summed E-state index contributed by atoms with van der Waals surface area (Å²) in [5, 5.41) is 0. The van der Waals surface area contributed by atoms with Gasteiger partial charge >= 0.3 is 5.97 Å². The number of hydrogen-bond donors (Lipinski definition) is 1. The number of carbonyl (C=O) groups excluding carboxylic acids is 1. The van der Waals surface area contributed by atoms with Gasteiger partial charge in [-0.3, -0.25) is 9.78 Å². The topological polar surface area (TPSA) is 65.2 Å². The SMILES string of the molecule is COC(=O)C(C)CC(CCCCN)CCCc1cccnc1. The van der Waals surface area contributed by atoms with E-state index in [4.69, 9.17) is 10.5 Å². The highest BCUT2D eigenvalue weighted by Gasteiger charge is 2.19. The predicted octanol–water partition coefficient (Wildman–Crippen LogP) is 3.35. The fourth-order valence-corrected chi connectivity index (χ4v) is 2.90. The Kier molecular flexibility index (Phi) is 9.47. The molecule has 0 spiro atoms. The van der Waals surface area contributed by atoms with Crippen molar-refractivity contribution in [1.29, 1.82) is 0 Å². The minimum atomic E-state index is -0.101. The second-order valence-electron chi connectivity index (χ2n) is 6.06. The van der Waals surface area contributed by atoms with Crippen LogP contribution < -0.4 is 5.73 Å². The smallest absolute Gasteiger partial charge is 0.308 e. The lowest BCUT2D eigenvalue weighted by atomic mass is 9.87. The van der Waals surface area contributed by atoms with E-state index in [9.17, 15) is 4.79 Å². The number of pyridine rings is 1. The first-order chi connectivity index (χ1) is 10.7. The highest BCUT2D eigenvalue weighted by Crippen LogP contribution is 2.24. The summed E-state index contributed by atoms with van der Waals surface area (Å²) in [7, 11) is 1.46. The van der Waals surface area contributed by atoms with Crippen molar-refractivity contribution in [2.75, 3.05) is 13.7 Å². The van der Waals surface area contributed by atoms with Crippen molar-refractivity contribution in [2.24, 2.45) is 17.6 Å². The second-order valence-corrected chi connectivity index (χ2v) is 6.06. The van der Waals surface area contributed by atoms with Crippen LogP contribution in [0.5, 0.6) is 0 Å². The van der Waals surface area contributed by atoms with Gasteiger partial charge in [0.2, 0.25) is 0 Å². The molecule has 0 bridgehead atoms. The fourth-order valence-electron chi connectivity index (χ4n) is 2.90. The Bertz CT molecular complexity index is 409. The average Bonchev–Trinajstić information content (AvgIpc) is 2.55. The molecule has 0 amide bonds. The van der Waals surface area contributed by atoms with E-state index in [2.05, 4.69) is 11.1 Å². The largest absolute Gasteiger partial charge is 0.469 e. The van der Waals surface area contributed by atoms with Crippen molar-refractivity contribution in [2.45, 2.75) is 51.9 Å². The normalized spacial score (nSPS) is 13.6. The van der Waals surface area contributed by atoms with Crippen molar-refractivity contribution in [3.8, 4) is 0 Å². The van der Waals surface area contributed by atoms with Crippen LogP contribution >= 0.6 is 0 Å². The van der Waals surface area contributed by atoms with Gasteiger partial charge in [0, 0.05) is 12.4 Å². The Morgan fingerprint density at radius 1 is 1.32 bits per heavy atom. The van der Waals surface area contributed by atoms with Crippen LogP contribution in [0.4, 0.5) is 0 Å². The fraction of sp³-hybridized carbons (Fsp3) is 0.667. The highest BCUT2D eigenvalue weighted by atomic mass is 16.5. The Morgan fingerprint density at radius 3 is 2.73 bits per heavy atom. The van der Waals surface area contributed by atoms with Gasteiger partial charge in [-0.1, -0.05) is 32.3 Å². The van der Waals surface area contributed by atoms with Gasteiger partial charge in [-0.2, -0.15) is 0 Å². The van der Waals surface area contributed by atoms with Gasteiger partial charge < -0.3 is 10.5 Å². The molecule has 1 heterocycles. The van der Waals surface area contributed by atoms with Crippen molar-refractivity contribution >= 4 is 5.97 Å². The Labute approximate surface area is 134 Å². The number of methoxy groups -OCH3 is 1. The maximum atomic E-state index is 11.6. The monoisotopic (exact) mass is 306 g/mol. The average molecular weight is 306 g/mol. The van der Waals surface area contributed by atoms with Crippen LogP contribution in [-0.2, 0) is 16.0 Å². The molecule has 4 heteroatoms. The summed E-state index contributed by atoms with van der Waals surface area (Å²) < 4.78 is 4.85. The van der Waals surface area contributed by atoms with E-state index in [1.165, 1.54) is 12.7 Å². The number of carbonyl (C=O) groups is 1. The van der Waals surface area contributed by atoms with Crippen LogP contribution in [0.3, 0.4) is 0 Å². The highest BCUT2D eigenvalue weighted by molar-refractivity contribution is 5.71. The van der Waals surface area contributed by atoms with E-state index in [1.54, 1.807) is 6.20 Å². The molecule has 0 saturated carbocycles. The number of esters is 1. The van der Waals surface area contributed by atoms with Crippen molar-refractivity contribution in [3.63, 3.8) is 0 Å². The molecule has 2 unspecified atom stereocenters. The minimum Gasteiger partial charge on any atom is -0.469 e. The molecule has 1 rings (SSSR count). The maximum absolute atomic E-state index is 11.6. The number of nitrogens with two attached hydrogens (primary N) is 1. The molecule has 0 saturated heterocycles. The van der Waals surface area contributed by atoms with Gasteiger partial charge in [-0.15, -0.1) is 0 Å². The third-order valence-corrected chi connectivity index (χ3v) is 4.16. The Morgan fingerprint density at radius 2 is 2.09 bits per heavy atom. The summed E-state index contributed by atoms with van der Waals surface area (Å²) in [6.45, 7) is 2.71. The third-order valence-electron chi connectivity index (χ3n) is 4.16. The predicted molar refractivity (Wildman–Crippen MR) is 89.4 cm³/mol. The van der Waals surface area contributed by atoms with Crippen LogP contribution in [0.2, 0.25) is 0 Å². The molecule has 0 aromatic carbocycles. The molecule has 0 radical (unpaired) electrons. The van der Waals surface area contributed by atoms with Crippen molar-refractivity contribution in [1.82, 2.24) is 4.98 Å². The third kappa shape index (κ3) is 7.55. The molecule has 124 valence electrons. The molecular formula is C18H30N2O2. The van der Waals surface area contributed by atoms with Crippen molar-refractivity contribution in [3.05, 3.63) is 30.1 Å². The van der Waals surface area contributed by atoms with Crippen LogP contribution in [0, 0.1) is 11.8 Å².